The van der Waals surface area contributed by atoms with Gasteiger partial charge in [0.1, 0.15) is 0 Å². The van der Waals surface area contributed by atoms with Crippen molar-refractivity contribution in [2.75, 3.05) is 17.2 Å². The summed E-state index contributed by atoms with van der Waals surface area (Å²) in [6.07, 6.45) is 2.74. The van der Waals surface area contributed by atoms with Gasteiger partial charge >= 0.3 is 0 Å². The van der Waals surface area contributed by atoms with E-state index in [1.807, 2.05) is 4.90 Å². The minimum atomic E-state index is -3.16. The molecule has 19 heavy (non-hydrogen) atoms. The molecule has 1 aromatic carbocycles. The SMILES string of the molecule is CCS(=O)(=O)c1ccc2c(c1)CCN2C(=O)C1CC1. The molecule has 1 fully saturated rings. The third-order valence-electron chi connectivity index (χ3n) is 3.88. The molecule has 1 aliphatic heterocycles. The summed E-state index contributed by atoms with van der Waals surface area (Å²) in [5.74, 6) is 0.506. The van der Waals surface area contributed by atoms with Crippen LogP contribution >= 0.6 is 0 Å². The molecule has 0 unspecified atom stereocenters. The van der Waals surface area contributed by atoms with Crippen LogP contribution in [0.15, 0.2) is 23.1 Å². The Morgan fingerprint density at radius 3 is 2.74 bits per heavy atom. The van der Waals surface area contributed by atoms with Gasteiger partial charge in [0.05, 0.1) is 10.6 Å². The van der Waals surface area contributed by atoms with Crippen LogP contribution in [-0.4, -0.2) is 26.6 Å². The zero-order valence-electron chi connectivity index (χ0n) is 10.9. The summed E-state index contributed by atoms with van der Waals surface area (Å²) in [6, 6.07) is 5.13. The van der Waals surface area contributed by atoms with E-state index in [-0.39, 0.29) is 17.6 Å². The van der Waals surface area contributed by atoms with Crippen molar-refractivity contribution in [3.8, 4) is 0 Å². The van der Waals surface area contributed by atoms with E-state index in [4.69, 9.17) is 0 Å². The van der Waals surface area contributed by atoms with Crippen molar-refractivity contribution >= 4 is 21.4 Å². The van der Waals surface area contributed by atoms with Gasteiger partial charge in [0, 0.05) is 18.2 Å². The zero-order valence-corrected chi connectivity index (χ0v) is 11.7. The number of anilines is 1. The maximum Gasteiger partial charge on any atom is 0.230 e. The predicted octanol–water partition coefficient (Wildman–Crippen LogP) is 1.78. The summed E-state index contributed by atoms with van der Waals surface area (Å²) < 4.78 is 23.7. The molecule has 0 N–H and O–H groups in total. The van der Waals surface area contributed by atoms with E-state index in [2.05, 4.69) is 0 Å². The van der Waals surface area contributed by atoms with Gasteiger partial charge in [-0.3, -0.25) is 4.79 Å². The van der Waals surface area contributed by atoms with E-state index in [0.717, 1.165) is 30.5 Å². The first kappa shape index (κ1) is 12.7. The van der Waals surface area contributed by atoms with Crippen LogP contribution in [0.4, 0.5) is 5.69 Å². The highest BCUT2D eigenvalue weighted by molar-refractivity contribution is 7.91. The van der Waals surface area contributed by atoms with Gasteiger partial charge in [0.15, 0.2) is 9.84 Å². The molecular formula is C14H17NO3S. The fraction of sp³-hybridized carbons (Fsp3) is 0.500. The molecule has 0 bridgehead atoms. The van der Waals surface area contributed by atoms with E-state index in [1.165, 1.54) is 0 Å². The van der Waals surface area contributed by atoms with Gasteiger partial charge in [-0.15, -0.1) is 0 Å². The highest BCUT2D eigenvalue weighted by Crippen LogP contribution is 2.37. The normalized spacial score (nSPS) is 18.5. The van der Waals surface area contributed by atoms with Gasteiger partial charge in [-0.2, -0.15) is 0 Å². The Hall–Kier alpha value is -1.36. The Labute approximate surface area is 113 Å². The molecule has 102 valence electrons. The number of fused-ring (bicyclic) bond motifs is 1. The Morgan fingerprint density at radius 1 is 1.37 bits per heavy atom. The van der Waals surface area contributed by atoms with Crippen molar-refractivity contribution < 1.29 is 13.2 Å². The first-order valence-electron chi connectivity index (χ1n) is 6.70. The molecule has 0 saturated heterocycles. The number of hydrogen-bond donors (Lipinski definition) is 0. The lowest BCUT2D eigenvalue weighted by Gasteiger charge is -2.17. The molecule has 1 heterocycles. The number of carbonyl (C=O) groups excluding carboxylic acids is 1. The third kappa shape index (κ3) is 2.16. The van der Waals surface area contributed by atoms with E-state index in [9.17, 15) is 13.2 Å². The molecule has 0 atom stereocenters. The fourth-order valence-corrected chi connectivity index (χ4v) is 3.45. The zero-order chi connectivity index (χ0) is 13.6. The van der Waals surface area contributed by atoms with E-state index in [1.54, 1.807) is 25.1 Å². The van der Waals surface area contributed by atoms with Crippen LogP contribution < -0.4 is 4.90 Å². The minimum absolute atomic E-state index is 0.108. The summed E-state index contributed by atoms with van der Waals surface area (Å²) >= 11 is 0. The van der Waals surface area contributed by atoms with Crippen molar-refractivity contribution in [1.82, 2.24) is 0 Å². The number of nitrogens with zero attached hydrogens (tertiary/aromatic N) is 1. The molecule has 0 radical (unpaired) electrons. The molecule has 0 aromatic heterocycles. The predicted molar refractivity (Wildman–Crippen MR) is 72.9 cm³/mol. The van der Waals surface area contributed by atoms with Crippen LogP contribution in [0.1, 0.15) is 25.3 Å². The Balaban J connectivity index is 1.94. The van der Waals surface area contributed by atoms with Crippen molar-refractivity contribution in [1.29, 1.82) is 0 Å². The Kier molecular flexibility index (Phi) is 2.89. The highest BCUT2D eigenvalue weighted by atomic mass is 32.2. The maximum atomic E-state index is 12.1. The molecule has 0 spiro atoms. The third-order valence-corrected chi connectivity index (χ3v) is 5.61. The van der Waals surface area contributed by atoms with Crippen molar-refractivity contribution in [3.63, 3.8) is 0 Å². The molecular weight excluding hydrogens is 262 g/mol. The van der Waals surface area contributed by atoms with E-state index < -0.39 is 9.84 Å². The number of carbonyl (C=O) groups is 1. The van der Waals surface area contributed by atoms with Crippen molar-refractivity contribution in [2.45, 2.75) is 31.1 Å². The van der Waals surface area contributed by atoms with Crippen LogP contribution in [0.3, 0.4) is 0 Å². The van der Waals surface area contributed by atoms with E-state index >= 15 is 0 Å². The number of benzene rings is 1. The molecule has 4 nitrogen and oxygen atoms in total. The lowest BCUT2D eigenvalue weighted by atomic mass is 10.2. The molecule has 1 saturated carbocycles. The standard InChI is InChI=1S/C14H17NO3S/c1-2-19(17,18)12-5-6-13-11(9-12)7-8-15(13)14(16)10-3-4-10/h5-6,9-10H,2-4,7-8H2,1H3. The summed E-state index contributed by atoms with van der Waals surface area (Å²) in [6.45, 7) is 2.33. The molecule has 1 amide bonds. The first-order chi connectivity index (χ1) is 9.03. The average Bonchev–Trinajstić information content (AvgIpc) is 3.17. The second-order valence-corrected chi connectivity index (χ2v) is 7.49. The van der Waals surface area contributed by atoms with Gasteiger partial charge in [-0.25, -0.2) is 8.42 Å². The second kappa shape index (κ2) is 4.34. The van der Waals surface area contributed by atoms with Crippen LogP contribution in [0.25, 0.3) is 0 Å². The van der Waals surface area contributed by atoms with Gasteiger partial charge < -0.3 is 4.90 Å². The average molecular weight is 279 g/mol. The van der Waals surface area contributed by atoms with Gasteiger partial charge in [0.25, 0.3) is 0 Å². The van der Waals surface area contributed by atoms with Gasteiger partial charge in [-0.05, 0) is 43.0 Å². The van der Waals surface area contributed by atoms with Crippen molar-refractivity contribution in [3.05, 3.63) is 23.8 Å². The quantitative estimate of drug-likeness (QED) is 0.847. The van der Waals surface area contributed by atoms with Crippen LogP contribution in [0.2, 0.25) is 0 Å². The van der Waals surface area contributed by atoms with Gasteiger partial charge in [0.2, 0.25) is 5.91 Å². The highest BCUT2D eigenvalue weighted by Gasteiger charge is 2.36. The number of amides is 1. The van der Waals surface area contributed by atoms with E-state index in [0.29, 0.717) is 11.4 Å². The lowest BCUT2D eigenvalue weighted by molar-refractivity contribution is -0.119. The maximum absolute atomic E-state index is 12.1. The topological polar surface area (TPSA) is 54.5 Å². The summed E-state index contributed by atoms with van der Waals surface area (Å²) in [5, 5.41) is 0. The monoisotopic (exact) mass is 279 g/mol. The summed E-state index contributed by atoms with van der Waals surface area (Å²) in [7, 11) is -3.16. The fourth-order valence-electron chi connectivity index (χ4n) is 2.52. The van der Waals surface area contributed by atoms with Crippen LogP contribution in [0.5, 0.6) is 0 Å². The second-order valence-electron chi connectivity index (χ2n) is 5.21. The first-order valence-corrected chi connectivity index (χ1v) is 8.35. The van der Waals surface area contributed by atoms with Crippen molar-refractivity contribution in [2.24, 2.45) is 5.92 Å². The summed E-state index contributed by atoms with van der Waals surface area (Å²) in [5.41, 5.74) is 1.87. The number of hydrogen-bond acceptors (Lipinski definition) is 3. The molecule has 1 aromatic rings. The Morgan fingerprint density at radius 2 is 2.11 bits per heavy atom. The van der Waals surface area contributed by atoms with Crippen LogP contribution in [-0.2, 0) is 21.1 Å². The lowest BCUT2D eigenvalue weighted by Crippen LogP contribution is -2.30. The Bertz CT molecular complexity index is 632. The number of sulfone groups is 1. The number of rotatable bonds is 3. The largest absolute Gasteiger partial charge is 0.312 e. The smallest absolute Gasteiger partial charge is 0.230 e. The minimum Gasteiger partial charge on any atom is -0.312 e. The summed E-state index contributed by atoms with van der Waals surface area (Å²) in [4.78, 5) is 14.3. The molecule has 1 aliphatic carbocycles. The van der Waals surface area contributed by atoms with Gasteiger partial charge in [-0.1, -0.05) is 6.92 Å². The molecule has 3 rings (SSSR count). The van der Waals surface area contributed by atoms with Crippen LogP contribution in [0, 0.1) is 5.92 Å². The molecule has 2 aliphatic rings. The molecule has 5 heteroatoms.